The second-order valence-electron chi connectivity index (χ2n) is 8.62. The summed E-state index contributed by atoms with van der Waals surface area (Å²) in [6.45, 7) is 7.31. The Hall–Kier alpha value is -2.29. The largest absolute Gasteiger partial charge is 0.352 e. The number of nitrogens with zero attached hydrogens (tertiary/aromatic N) is 2. The number of rotatable bonds is 11. The lowest BCUT2D eigenvalue weighted by molar-refractivity contribution is -0.140. The van der Waals surface area contributed by atoms with Crippen LogP contribution in [0, 0.1) is 6.92 Å². The molecule has 10 heteroatoms. The summed E-state index contributed by atoms with van der Waals surface area (Å²) in [4.78, 5) is 28.2. The fraction of sp³-hybridized carbons (Fsp3) is 0.440. The molecule has 0 unspecified atom stereocenters. The molecule has 0 aliphatic rings. The molecule has 0 aliphatic heterocycles. The average molecular weight is 543 g/mol. The summed E-state index contributed by atoms with van der Waals surface area (Å²) in [6, 6.07) is 11.2. The van der Waals surface area contributed by atoms with Crippen LogP contribution in [0.5, 0.6) is 0 Å². The van der Waals surface area contributed by atoms with E-state index in [1.807, 2.05) is 52.0 Å². The van der Waals surface area contributed by atoms with Gasteiger partial charge in [0.25, 0.3) is 0 Å². The van der Waals surface area contributed by atoms with Crippen molar-refractivity contribution in [3.05, 3.63) is 63.6 Å². The molecule has 2 aromatic rings. The summed E-state index contributed by atoms with van der Waals surface area (Å²) in [5.41, 5.74) is 2.11. The molecule has 0 saturated carbocycles. The molecule has 2 amide bonds. The topological polar surface area (TPSA) is 86.8 Å². The van der Waals surface area contributed by atoms with Crippen LogP contribution in [0.4, 0.5) is 5.69 Å². The summed E-state index contributed by atoms with van der Waals surface area (Å²) < 4.78 is 26.3. The Morgan fingerprint density at radius 2 is 1.63 bits per heavy atom. The van der Waals surface area contributed by atoms with Gasteiger partial charge in [-0.15, -0.1) is 0 Å². The smallest absolute Gasteiger partial charge is 0.244 e. The minimum absolute atomic E-state index is 0.0587. The zero-order valence-electron chi connectivity index (χ0n) is 20.7. The Morgan fingerprint density at radius 1 is 1.00 bits per heavy atom. The molecule has 0 aromatic heterocycles. The number of aryl methyl sites for hydroxylation is 1. The Kier molecular flexibility index (Phi) is 10.4. The van der Waals surface area contributed by atoms with Gasteiger partial charge in [-0.05, 0) is 50.5 Å². The standard InChI is InChI=1S/C25H33Cl2N3O4S/c1-6-18(4)28-25(32)23(7-2)29(15-19-10-8-17(3)9-11-19)24(31)16-30(35(5,33)34)20-12-13-21(26)22(27)14-20/h8-14,18,23H,6-7,15-16H2,1-5H3,(H,28,32)/t18-,23-/m1/s1. The first-order valence-electron chi connectivity index (χ1n) is 11.5. The van der Waals surface area contributed by atoms with Gasteiger partial charge in [0.05, 0.1) is 22.0 Å². The predicted octanol–water partition coefficient (Wildman–Crippen LogP) is 4.79. The Morgan fingerprint density at radius 3 is 2.14 bits per heavy atom. The van der Waals surface area contributed by atoms with Crippen LogP contribution in [-0.2, 0) is 26.2 Å². The lowest BCUT2D eigenvalue weighted by Crippen LogP contribution is -2.53. The fourth-order valence-electron chi connectivity index (χ4n) is 3.50. The zero-order chi connectivity index (χ0) is 26.3. The molecule has 192 valence electrons. The van der Waals surface area contributed by atoms with Gasteiger partial charge >= 0.3 is 0 Å². The highest BCUT2D eigenvalue weighted by molar-refractivity contribution is 7.92. The van der Waals surface area contributed by atoms with E-state index in [2.05, 4.69) is 5.32 Å². The van der Waals surface area contributed by atoms with Crippen LogP contribution >= 0.6 is 23.2 Å². The second kappa shape index (κ2) is 12.6. The van der Waals surface area contributed by atoms with Gasteiger partial charge in [-0.25, -0.2) is 8.42 Å². The first-order valence-corrected chi connectivity index (χ1v) is 14.1. The second-order valence-corrected chi connectivity index (χ2v) is 11.3. The molecule has 0 bridgehead atoms. The van der Waals surface area contributed by atoms with Gasteiger partial charge in [-0.1, -0.05) is 66.9 Å². The number of carbonyl (C=O) groups excluding carboxylic acids is 2. The minimum atomic E-state index is -3.85. The van der Waals surface area contributed by atoms with E-state index in [0.29, 0.717) is 6.42 Å². The molecular formula is C25H33Cl2N3O4S. The third kappa shape index (κ3) is 8.12. The quantitative estimate of drug-likeness (QED) is 0.443. The van der Waals surface area contributed by atoms with Crippen LogP contribution < -0.4 is 9.62 Å². The van der Waals surface area contributed by atoms with E-state index < -0.39 is 28.5 Å². The van der Waals surface area contributed by atoms with Crippen LogP contribution in [-0.4, -0.2) is 50.0 Å². The van der Waals surface area contributed by atoms with Crippen LogP contribution in [0.25, 0.3) is 0 Å². The van der Waals surface area contributed by atoms with Crippen molar-refractivity contribution in [2.45, 2.75) is 59.2 Å². The Bertz CT molecular complexity index is 1140. The fourth-order valence-corrected chi connectivity index (χ4v) is 4.64. The number of anilines is 1. The van der Waals surface area contributed by atoms with E-state index in [9.17, 15) is 18.0 Å². The lowest BCUT2D eigenvalue weighted by Gasteiger charge is -2.33. The number of sulfonamides is 1. The van der Waals surface area contributed by atoms with Crippen molar-refractivity contribution in [2.75, 3.05) is 17.1 Å². The molecule has 0 fully saturated rings. The maximum atomic E-state index is 13.6. The van der Waals surface area contributed by atoms with Gasteiger partial charge in [0.15, 0.2) is 0 Å². The van der Waals surface area contributed by atoms with Crippen molar-refractivity contribution in [3.63, 3.8) is 0 Å². The van der Waals surface area contributed by atoms with Gasteiger partial charge in [0.1, 0.15) is 12.6 Å². The van der Waals surface area contributed by atoms with Crippen LogP contribution in [0.1, 0.15) is 44.7 Å². The Balaban J connectivity index is 2.45. The summed E-state index contributed by atoms with van der Waals surface area (Å²) >= 11 is 12.1. The van der Waals surface area contributed by atoms with Crippen LogP contribution in [0.2, 0.25) is 10.0 Å². The SMILES string of the molecule is CC[C@@H](C)NC(=O)[C@@H](CC)N(Cc1ccc(C)cc1)C(=O)CN(c1ccc(Cl)c(Cl)c1)S(C)(=O)=O. The molecule has 0 radical (unpaired) electrons. The molecule has 2 rings (SSSR count). The van der Waals surface area contributed by atoms with Gasteiger partial charge < -0.3 is 10.2 Å². The molecule has 35 heavy (non-hydrogen) atoms. The van der Waals surface area contributed by atoms with Crippen molar-refractivity contribution in [1.82, 2.24) is 10.2 Å². The van der Waals surface area contributed by atoms with E-state index in [4.69, 9.17) is 23.2 Å². The number of nitrogens with one attached hydrogen (secondary N) is 1. The maximum Gasteiger partial charge on any atom is 0.244 e. The normalized spacial score (nSPS) is 13.1. The third-order valence-corrected chi connectivity index (χ3v) is 7.61. The highest BCUT2D eigenvalue weighted by Gasteiger charge is 2.32. The number of amides is 2. The van der Waals surface area contributed by atoms with E-state index >= 15 is 0 Å². The first kappa shape index (κ1) is 28.9. The summed E-state index contributed by atoms with van der Waals surface area (Å²) in [7, 11) is -3.85. The molecular weight excluding hydrogens is 509 g/mol. The highest BCUT2D eigenvalue weighted by Crippen LogP contribution is 2.28. The number of halogens is 2. The van der Waals surface area contributed by atoms with Gasteiger partial charge in [-0.3, -0.25) is 13.9 Å². The van der Waals surface area contributed by atoms with Gasteiger partial charge in [-0.2, -0.15) is 0 Å². The van der Waals surface area contributed by atoms with E-state index in [1.165, 1.54) is 23.1 Å². The number of hydrogen-bond acceptors (Lipinski definition) is 4. The third-order valence-electron chi connectivity index (χ3n) is 5.73. The molecule has 7 nitrogen and oxygen atoms in total. The molecule has 0 spiro atoms. The number of hydrogen-bond donors (Lipinski definition) is 1. The van der Waals surface area contributed by atoms with Crippen LogP contribution in [0.3, 0.4) is 0 Å². The summed E-state index contributed by atoms with van der Waals surface area (Å²) in [5.74, 6) is -0.782. The number of carbonyl (C=O) groups is 2. The van der Waals surface area contributed by atoms with Gasteiger partial charge in [0, 0.05) is 12.6 Å². The van der Waals surface area contributed by atoms with Crippen LogP contribution in [0.15, 0.2) is 42.5 Å². The highest BCUT2D eigenvalue weighted by atomic mass is 35.5. The Labute approximate surface area is 218 Å². The lowest BCUT2D eigenvalue weighted by atomic mass is 10.1. The average Bonchev–Trinajstić information content (AvgIpc) is 2.79. The van der Waals surface area contributed by atoms with E-state index in [0.717, 1.165) is 28.1 Å². The van der Waals surface area contributed by atoms with Crippen molar-refractivity contribution < 1.29 is 18.0 Å². The summed E-state index contributed by atoms with van der Waals surface area (Å²) in [5, 5.41) is 3.38. The molecule has 0 saturated heterocycles. The minimum Gasteiger partial charge on any atom is -0.352 e. The maximum absolute atomic E-state index is 13.6. The van der Waals surface area contributed by atoms with E-state index in [-0.39, 0.29) is 34.2 Å². The molecule has 1 N–H and O–H groups in total. The molecule has 2 atom stereocenters. The summed E-state index contributed by atoms with van der Waals surface area (Å²) in [6.07, 6.45) is 2.12. The zero-order valence-corrected chi connectivity index (χ0v) is 23.0. The van der Waals surface area contributed by atoms with E-state index in [1.54, 1.807) is 0 Å². The number of benzene rings is 2. The van der Waals surface area contributed by atoms with Gasteiger partial charge in [0.2, 0.25) is 21.8 Å². The first-order chi connectivity index (χ1) is 16.4. The van der Waals surface area contributed by atoms with Crippen molar-refractivity contribution >= 4 is 50.7 Å². The predicted molar refractivity (Wildman–Crippen MR) is 142 cm³/mol. The van der Waals surface area contributed by atoms with Crippen molar-refractivity contribution in [3.8, 4) is 0 Å². The molecule has 2 aromatic carbocycles. The molecule has 0 heterocycles. The van der Waals surface area contributed by atoms with Crippen molar-refractivity contribution in [2.24, 2.45) is 0 Å². The van der Waals surface area contributed by atoms with Crippen molar-refractivity contribution in [1.29, 1.82) is 0 Å². The monoisotopic (exact) mass is 541 g/mol. The molecule has 0 aliphatic carbocycles.